The molecule has 1 heterocycles. The maximum atomic E-state index is 12.5. The predicted octanol–water partition coefficient (Wildman–Crippen LogP) is 2.34. The lowest BCUT2D eigenvalue weighted by Crippen LogP contribution is -2.21. The molecule has 1 rings (SSSR count). The molecule has 0 aliphatic rings. The monoisotopic (exact) mass is 280 g/mol. The van der Waals surface area contributed by atoms with Gasteiger partial charge in [-0.3, -0.25) is 4.79 Å². The van der Waals surface area contributed by atoms with Gasteiger partial charge in [0.25, 0.3) is 5.56 Å². The fourth-order valence-electron chi connectivity index (χ4n) is 1.07. The zero-order chi connectivity index (χ0) is 11.8. The highest BCUT2D eigenvalue weighted by molar-refractivity contribution is 9.10. The van der Waals surface area contributed by atoms with Crippen LogP contribution in [0.15, 0.2) is 9.27 Å². The molecule has 0 atom stereocenters. The number of rotatable bonds is 0. The Labute approximate surface area is 90.7 Å². The third kappa shape index (κ3) is 2.04. The SMILES string of the molecule is Cc1[nH]c(=O)c(C#N)c(C(F)(F)F)c1Br. The normalized spacial score (nSPS) is 11.2. The summed E-state index contributed by atoms with van der Waals surface area (Å²) in [6.07, 6.45) is -4.73. The number of nitrogens with one attached hydrogen (secondary N) is 1. The Balaban J connectivity index is 3.77. The van der Waals surface area contributed by atoms with E-state index in [-0.39, 0.29) is 10.2 Å². The van der Waals surface area contributed by atoms with Crippen molar-refractivity contribution in [2.75, 3.05) is 0 Å². The average Bonchev–Trinajstić information content (AvgIpc) is 2.08. The van der Waals surface area contributed by atoms with Gasteiger partial charge in [-0.05, 0) is 22.9 Å². The number of aromatic nitrogens is 1. The van der Waals surface area contributed by atoms with Crippen LogP contribution in [0.3, 0.4) is 0 Å². The molecule has 0 saturated carbocycles. The van der Waals surface area contributed by atoms with Gasteiger partial charge in [-0.15, -0.1) is 0 Å². The Morgan fingerprint density at radius 1 is 1.47 bits per heavy atom. The maximum Gasteiger partial charge on any atom is 0.419 e. The van der Waals surface area contributed by atoms with Crippen molar-refractivity contribution in [2.45, 2.75) is 13.1 Å². The number of H-pyrrole nitrogens is 1. The van der Waals surface area contributed by atoms with Crippen LogP contribution in [0.1, 0.15) is 16.8 Å². The zero-order valence-electron chi connectivity index (χ0n) is 7.37. The standard InChI is InChI=1S/C8H4BrF3N2O/c1-3-6(9)5(8(10,11)12)4(2-13)7(15)14-3/h1H3,(H,14,15). The Bertz CT molecular complexity index is 498. The van der Waals surface area contributed by atoms with Crippen LogP contribution in [0.2, 0.25) is 0 Å². The number of halogens is 4. The number of alkyl halides is 3. The molecule has 0 amide bonds. The van der Waals surface area contributed by atoms with Gasteiger partial charge in [-0.2, -0.15) is 18.4 Å². The van der Waals surface area contributed by atoms with E-state index in [1.165, 1.54) is 13.0 Å². The van der Waals surface area contributed by atoms with Crippen molar-refractivity contribution >= 4 is 15.9 Å². The molecule has 0 unspecified atom stereocenters. The third-order valence-electron chi connectivity index (χ3n) is 1.72. The molecule has 0 fully saturated rings. The largest absolute Gasteiger partial charge is 0.419 e. The van der Waals surface area contributed by atoms with Gasteiger partial charge in [0.05, 0.1) is 10.0 Å². The highest BCUT2D eigenvalue weighted by Gasteiger charge is 2.38. The third-order valence-corrected chi connectivity index (χ3v) is 2.71. The first-order valence-corrected chi connectivity index (χ1v) is 4.48. The van der Waals surface area contributed by atoms with Crippen molar-refractivity contribution in [3.63, 3.8) is 0 Å². The summed E-state index contributed by atoms with van der Waals surface area (Å²) in [5.74, 6) is 0. The van der Waals surface area contributed by atoms with E-state index in [4.69, 9.17) is 5.26 Å². The van der Waals surface area contributed by atoms with Crippen molar-refractivity contribution in [3.8, 4) is 6.07 Å². The van der Waals surface area contributed by atoms with Crippen LogP contribution in [0, 0.1) is 18.3 Å². The number of aromatic amines is 1. The molecular formula is C8H4BrF3N2O. The minimum absolute atomic E-state index is 0.0336. The van der Waals surface area contributed by atoms with E-state index in [2.05, 4.69) is 20.9 Å². The first-order valence-electron chi connectivity index (χ1n) is 3.68. The second-order valence-corrected chi connectivity index (χ2v) is 3.55. The van der Waals surface area contributed by atoms with Crippen molar-refractivity contribution in [3.05, 3.63) is 31.6 Å². The average molecular weight is 281 g/mol. The Kier molecular flexibility index (Phi) is 2.90. The summed E-state index contributed by atoms with van der Waals surface area (Å²) in [5.41, 5.74) is -3.16. The molecule has 0 spiro atoms. The molecular weight excluding hydrogens is 277 g/mol. The molecule has 0 bridgehead atoms. The van der Waals surface area contributed by atoms with Crippen LogP contribution < -0.4 is 5.56 Å². The van der Waals surface area contributed by atoms with E-state index in [0.29, 0.717) is 0 Å². The molecule has 15 heavy (non-hydrogen) atoms. The summed E-state index contributed by atoms with van der Waals surface area (Å²) < 4.78 is 37.3. The Morgan fingerprint density at radius 3 is 2.40 bits per heavy atom. The van der Waals surface area contributed by atoms with E-state index >= 15 is 0 Å². The van der Waals surface area contributed by atoms with Crippen LogP contribution >= 0.6 is 15.9 Å². The van der Waals surface area contributed by atoms with E-state index in [9.17, 15) is 18.0 Å². The Hall–Kier alpha value is -1.29. The van der Waals surface area contributed by atoms with Gasteiger partial charge in [-0.1, -0.05) is 0 Å². The van der Waals surface area contributed by atoms with Crippen LogP contribution in [-0.4, -0.2) is 4.98 Å². The van der Waals surface area contributed by atoms with Gasteiger partial charge in [0.1, 0.15) is 11.6 Å². The quantitative estimate of drug-likeness (QED) is 0.793. The molecule has 0 aliphatic heterocycles. The summed E-state index contributed by atoms with van der Waals surface area (Å²) in [5, 5.41) is 8.49. The predicted molar refractivity (Wildman–Crippen MR) is 49.2 cm³/mol. The molecule has 1 N–H and O–H groups in total. The maximum absolute atomic E-state index is 12.5. The topological polar surface area (TPSA) is 56.6 Å². The van der Waals surface area contributed by atoms with Crippen LogP contribution in [0.5, 0.6) is 0 Å². The second kappa shape index (κ2) is 3.70. The van der Waals surface area contributed by atoms with Gasteiger partial charge < -0.3 is 4.98 Å². The van der Waals surface area contributed by atoms with Gasteiger partial charge in [-0.25, -0.2) is 0 Å². The van der Waals surface area contributed by atoms with Crippen molar-refractivity contribution in [1.82, 2.24) is 4.98 Å². The molecule has 1 aromatic rings. The van der Waals surface area contributed by atoms with Gasteiger partial charge >= 0.3 is 6.18 Å². The highest BCUT2D eigenvalue weighted by Crippen LogP contribution is 2.36. The summed E-state index contributed by atoms with van der Waals surface area (Å²) >= 11 is 2.70. The van der Waals surface area contributed by atoms with E-state index in [1.807, 2.05) is 0 Å². The molecule has 0 aliphatic carbocycles. The zero-order valence-corrected chi connectivity index (χ0v) is 8.95. The fourth-order valence-corrected chi connectivity index (χ4v) is 1.59. The molecule has 0 aromatic carbocycles. The lowest BCUT2D eigenvalue weighted by Gasteiger charge is -2.11. The number of hydrogen-bond donors (Lipinski definition) is 1. The summed E-state index contributed by atoms with van der Waals surface area (Å²) in [4.78, 5) is 13.2. The molecule has 0 radical (unpaired) electrons. The molecule has 0 saturated heterocycles. The minimum Gasteiger partial charge on any atom is -0.324 e. The van der Waals surface area contributed by atoms with E-state index in [0.717, 1.165) is 0 Å². The van der Waals surface area contributed by atoms with Crippen molar-refractivity contribution in [1.29, 1.82) is 5.26 Å². The Morgan fingerprint density at radius 2 is 2.00 bits per heavy atom. The molecule has 3 nitrogen and oxygen atoms in total. The van der Waals surface area contributed by atoms with E-state index < -0.39 is 22.9 Å². The van der Waals surface area contributed by atoms with Gasteiger partial charge in [0, 0.05) is 5.69 Å². The second-order valence-electron chi connectivity index (χ2n) is 2.75. The summed E-state index contributed by atoms with van der Waals surface area (Å²) in [6, 6.07) is 1.24. The summed E-state index contributed by atoms with van der Waals surface area (Å²) in [6.45, 7) is 1.31. The fraction of sp³-hybridized carbons (Fsp3) is 0.250. The van der Waals surface area contributed by atoms with Crippen molar-refractivity contribution < 1.29 is 13.2 Å². The molecule has 80 valence electrons. The first kappa shape index (κ1) is 11.8. The molecule has 7 heteroatoms. The lowest BCUT2D eigenvalue weighted by molar-refractivity contribution is -0.138. The lowest BCUT2D eigenvalue weighted by atomic mass is 10.1. The minimum atomic E-state index is -4.73. The smallest absolute Gasteiger partial charge is 0.324 e. The van der Waals surface area contributed by atoms with Crippen LogP contribution in [-0.2, 0) is 6.18 Å². The number of aryl methyl sites for hydroxylation is 1. The van der Waals surface area contributed by atoms with Gasteiger partial charge in [0.15, 0.2) is 0 Å². The number of nitriles is 1. The van der Waals surface area contributed by atoms with Crippen LogP contribution in [0.25, 0.3) is 0 Å². The number of nitrogens with zero attached hydrogens (tertiary/aromatic N) is 1. The van der Waals surface area contributed by atoms with Gasteiger partial charge in [0.2, 0.25) is 0 Å². The summed E-state index contributed by atoms with van der Waals surface area (Å²) in [7, 11) is 0. The van der Waals surface area contributed by atoms with Crippen molar-refractivity contribution in [2.24, 2.45) is 0 Å². The van der Waals surface area contributed by atoms with E-state index in [1.54, 1.807) is 0 Å². The number of hydrogen-bond acceptors (Lipinski definition) is 2. The first-order chi connectivity index (χ1) is 6.79. The molecule has 1 aromatic heterocycles. The highest BCUT2D eigenvalue weighted by atomic mass is 79.9. The van der Waals surface area contributed by atoms with Crippen LogP contribution in [0.4, 0.5) is 13.2 Å². The number of pyridine rings is 1.